The molecule has 1 heteroatoms. The van der Waals surface area contributed by atoms with Gasteiger partial charge in [-0.25, -0.2) is 0 Å². The first-order valence-electron chi connectivity index (χ1n) is 8.63. The van der Waals surface area contributed by atoms with Gasteiger partial charge in [0.05, 0.1) is 0 Å². The van der Waals surface area contributed by atoms with Crippen molar-refractivity contribution >= 4 is 0 Å². The molecule has 1 nitrogen and oxygen atoms in total. The summed E-state index contributed by atoms with van der Waals surface area (Å²) < 4.78 is 0. The van der Waals surface area contributed by atoms with Gasteiger partial charge in [0.25, 0.3) is 0 Å². The van der Waals surface area contributed by atoms with Crippen LogP contribution in [0.5, 0.6) is 0 Å². The maximum absolute atomic E-state index is 3.84. The summed E-state index contributed by atoms with van der Waals surface area (Å²) in [5.41, 5.74) is 0.508. The summed E-state index contributed by atoms with van der Waals surface area (Å²) in [5.74, 6) is 2.68. The van der Waals surface area contributed by atoms with Crippen molar-refractivity contribution in [2.24, 2.45) is 23.2 Å². The van der Waals surface area contributed by atoms with E-state index in [0.717, 1.165) is 23.8 Å². The van der Waals surface area contributed by atoms with Gasteiger partial charge in [0.2, 0.25) is 0 Å². The first-order chi connectivity index (χ1) is 8.90. The number of hydrogen-bond acceptors (Lipinski definition) is 1. The van der Waals surface area contributed by atoms with Gasteiger partial charge in [-0.15, -0.1) is 0 Å². The molecule has 114 valence electrons. The van der Waals surface area contributed by atoms with Crippen molar-refractivity contribution in [3.8, 4) is 0 Å². The number of hydrogen-bond donors (Lipinski definition) is 1. The summed E-state index contributed by atoms with van der Waals surface area (Å²) in [4.78, 5) is 0. The lowest BCUT2D eigenvalue weighted by molar-refractivity contribution is 0.118. The maximum atomic E-state index is 3.84. The van der Waals surface area contributed by atoms with E-state index in [-0.39, 0.29) is 0 Å². The second kappa shape index (κ2) is 7.67. The Hall–Kier alpha value is -0.0400. The summed E-state index contributed by atoms with van der Waals surface area (Å²) in [6.45, 7) is 15.5. The van der Waals surface area contributed by atoms with Gasteiger partial charge < -0.3 is 5.32 Å². The van der Waals surface area contributed by atoms with Crippen LogP contribution in [-0.4, -0.2) is 12.6 Å². The molecule has 0 heterocycles. The molecule has 2 unspecified atom stereocenters. The third kappa shape index (κ3) is 5.10. The molecule has 1 fully saturated rings. The Morgan fingerprint density at radius 1 is 1.05 bits per heavy atom. The average molecular weight is 268 g/mol. The Kier molecular flexibility index (Phi) is 6.86. The van der Waals surface area contributed by atoms with Gasteiger partial charge in [-0.1, -0.05) is 48.0 Å². The fraction of sp³-hybridized carbons (Fsp3) is 1.00. The van der Waals surface area contributed by atoms with Gasteiger partial charge in [0, 0.05) is 6.04 Å². The van der Waals surface area contributed by atoms with Crippen molar-refractivity contribution in [3.63, 3.8) is 0 Å². The van der Waals surface area contributed by atoms with Crippen molar-refractivity contribution < 1.29 is 0 Å². The standard InChI is InChI=1S/C18H37N/c1-7-13-19-17(14(3)8-2)15-9-11-16(12-10-15)18(4,5)6/h14-17,19H,7-13H2,1-6H3. The Bertz CT molecular complexity index is 233. The minimum atomic E-state index is 0.508. The molecule has 0 saturated heterocycles. The van der Waals surface area contributed by atoms with E-state index in [4.69, 9.17) is 0 Å². The van der Waals surface area contributed by atoms with Crippen molar-refractivity contribution in [1.29, 1.82) is 0 Å². The molecular weight excluding hydrogens is 230 g/mol. The average Bonchev–Trinajstić information content (AvgIpc) is 2.38. The minimum Gasteiger partial charge on any atom is -0.313 e. The number of rotatable bonds is 6. The van der Waals surface area contributed by atoms with Crippen LogP contribution in [-0.2, 0) is 0 Å². The third-order valence-electron chi connectivity index (χ3n) is 5.39. The monoisotopic (exact) mass is 267 g/mol. The summed E-state index contributed by atoms with van der Waals surface area (Å²) >= 11 is 0. The SMILES string of the molecule is CCCNC(C(C)CC)C1CCC(C(C)(C)C)CC1. The molecule has 1 aliphatic carbocycles. The highest BCUT2D eigenvalue weighted by Gasteiger charge is 2.33. The smallest absolute Gasteiger partial charge is 0.0121 e. The molecule has 0 bridgehead atoms. The Labute approximate surface area is 121 Å². The first-order valence-corrected chi connectivity index (χ1v) is 8.63. The van der Waals surface area contributed by atoms with Crippen LogP contribution in [0.15, 0.2) is 0 Å². The van der Waals surface area contributed by atoms with Crippen LogP contribution in [0.3, 0.4) is 0 Å². The minimum absolute atomic E-state index is 0.508. The van der Waals surface area contributed by atoms with Crippen molar-refractivity contribution in [2.45, 2.75) is 86.1 Å². The van der Waals surface area contributed by atoms with E-state index >= 15 is 0 Å². The van der Waals surface area contributed by atoms with Crippen molar-refractivity contribution in [2.75, 3.05) is 6.54 Å². The van der Waals surface area contributed by atoms with Gasteiger partial charge in [0.15, 0.2) is 0 Å². The molecule has 1 aliphatic rings. The van der Waals surface area contributed by atoms with Gasteiger partial charge >= 0.3 is 0 Å². The molecule has 0 amide bonds. The van der Waals surface area contributed by atoms with E-state index in [2.05, 4.69) is 46.9 Å². The lowest BCUT2D eigenvalue weighted by Crippen LogP contribution is -2.43. The first kappa shape index (κ1) is 17.0. The highest BCUT2D eigenvalue weighted by molar-refractivity contribution is 4.87. The van der Waals surface area contributed by atoms with Crippen molar-refractivity contribution in [1.82, 2.24) is 5.32 Å². The van der Waals surface area contributed by atoms with E-state index in [0.29, 0.717) is 5.41 Å². The van der Waals surface area contributed by atoms with Crippen LogP contribution in [0, 0.1) is 23.2 Å². The molecule has 1 N–H and O–H groups in total. The maximum Gasteiger partial charge on any atom is 0.0121 e. The summed E-state index contributed by atoms with van der Waals surface area (Å²) in [6.07, 6.45) is 8.32. The molecular formula is C18H37N. The second-order valence-electron chi connectivity index (χ2n) is 7.84. The van der Waals surface area contributed by atoms with Crippen molar-refractivity contribution in [3.05, 3.63) is 0 Å². The highest BCUT2D eigenvalue weighted by Crippen LogP contribution is 2.41. The predicted octanol–water partition coefficient (Wildman–Crippen LogP) is 5.25. The Balaban J connectivity index is 2.54. The summed E-state index contributed by atoms with van der Waals surface area (Å²) in [7, 11) is 0. The third-order valence-corrected chi connectivity index (χ3v) is 5.39. The summed E-state index contributed by atoms with van der Waals surface area (Å²) in [6, 6.07) is 0.755. The zero-order valence-corrected chi connectivity index (χ0v) is 14.3. The van der Waals surface area contributed by atoms with Crippen LogP contribution >= 0.6 is 0 Å². The van der Waals surface area contributed by atoms with Crippen LogP contribution in [0.4, 0.5) is 0 Å². The van der Waals surface area contributed by atoms with Gasteiger partial charge in [-0.2, -0.15) is 0 Å². The van der Waals surface area contributed by atoms with E-state index in [1.165, 1.54) is 45.1 Å². The molecule has 2 atom stereocenters. The summed E-state index contributed by atoms with van der Waals surface area (Å²) in [5, 5.41) is 3.84. The topological polar surface area (TPSA) is 12.0 Å². The molecule has 0 aromatic heterocycles. The Morgan fingerprint density at radius 2 is 1.63 bits per heavy atom. The molecule has 0 spiro atoms. The zero-order valence-electron chi connectivity index (χ0n) is 14.3. The highest BCUT2D eigenvalue weighted by atomic mass is 14.9. The number of nitrogens with one attached hydrogen (secondary N) is 1. The van der Waals surface area contributed by atoms with Gasteiger partial charge in [-0.3, -0.25) is 0 Å². The Morgan fingerprint density at radius 3 is 2.05 bits per heavy atom. The molecule has 19 heavy (non-hydrogen) atoms. The van der Waals surface area contributed by atoms with E-state index in [1.54, 1.807) is 0 Å². The van der Waals surface area contributed by atoms with Gasteiger partial charge in [-0.05, 0) is 61.8 Å². The lowest BCUT2D eigenvalue weighted by atomic mass is 9.67. The molecule has 0 aliphatic heterocycles. The normalized spacial score (nSPS) is 28.1. The molecule has 0 aromatic rings. The van der Waals surface area contributed by atoms with Crippen LogP contribution in [0.2, 0.25) is 0 Å². The quantitative estimate of drug-likeness (QED) is 0.693. The van der Waals surface area contributed by atoms with E-state index in [1.807, 2.05) is 0 Å². The second-order valence-corrected chi connectivity index (χ2v) is 7.84. The van der Waals surface area contributed by atoms with E-state index < -0.39 is 0 Å². The largest absolute Gasteiger partial charge is 0.313 e. The van der Waals surface area contributed by atoms with Crippen LogP contribution < -0.4 is 5.32 Å². The fourth-order valence-corrected chi connectivity index (χ4v) is 3.74. The van der Waals surface area contributed by atoms with Crippen LogP contribution in [0.1, 0.15) is 80.1 Å². The van der Waals surface area contributed by atoms with E-state index in [9.17, 15) is 0 Å². The zero-order chi connectivity index (χ0) is 14.5. The lowest BCUT2D eigenvalue weighted by Gasteiger charge is -2.41. The fourth-order valence-electron chi connectivity index (χ4n) is 3.74. The molecule has 1 rings (SSSR count). The predicted molar refractivity (Wildman–Crippen MR) is 86.4 cm³/mol. The molecule has 0 radical (unpaired) electrons. The molecule has 0 aromatic carbocycles. The molecule has 1 saturated carbocycles. The van der Waals surface area contributed by atoms with Crippen LogP contribution in [0.25, 0.3) is 0 Å². The van der Waals surface area contributed by atoms with Gasteiger partial charge in [0.1, 0.15) is 0 Å².